The smallest absolute Gasteiger partial charge is 0.146 e. The molecule has 1 aliphatic heterocycles. The summed E-state index contributed by atoms with van der Waals surface area (Å²) in [5.74, 6) is -0.286. The lowest BCUT2D eigenvalue weighted by Crippen LogP contribution is -2.47. The number of thiazole rings is 1. The van der Waals surface area contributed by atoms with Gasteiger partial charge in [0.05, 0.1) is 5.69 Å². The molecule has 0 unspecified atom stereocenters. The van der Waals surface area contributed by atoms with Crippen LogP contribution in [0.25, 0.3) is 0 Å². The van der Waals surface area contributed by atoms with Crippen LogP contribution in [0.3, 0.4) is 0 Å². The van der Waals surface area contributed by atoms with Gasteiger partial charge in [0.2, 0.25) is 0 Å². The van der Waals surface area contributed by atoms with Gasteiger partial charge >= 0.3 is 0 Å². The van der Waals surface area contributed by atoms with Gasteiger partial charge in [-0.15, -0.1) is 11.3 Å². The van der Waals surface area contributed by atoms with E-state index in [4.69, 9.17) is 0 Å². The first-order valence-electron chi connectivity index (χ1n) is 9.59. The Labute approximate surface area is 168 Å². The number of aliphatic hydroxyl groups is 1. The van der Waals surface area contributed by atoms with Crippen molar-refractivity contribution in [1.82, 2.24) is 9.88 Å². The molecule has 0 spiro atoms. The largest absolute Gasteiger partial charge is 0.381 e. The Bertz CT molecular complexity index is 880. The molecule has 0 bridgehead atoms. The number of piperazine rings is 1. The van der Waals surface area contributed by atoms with Crippen molar-refractivity contribution in [2.24, 2.45) is 0 Å². The number of hydrogen-bond donors (Lipinski definition) is 1. The number of aromatic nitrogens is 1. The first-order valence-corrected chi connectivity index (χ1v) is 10.5. The molecule has 6 heteroatoms. The van der Waals surface area contributed by atoms with E-state index < -0.39 is 6.10 Å². The third kappa shape index (κ3) is 4.24. The Balaban J connectivity index is 1.43. The Morgan fingerprint density at radius 2 is 1.82 bits per heavy atom. The van der Waals surface area contributed by atoms with E-state index >= 15 is 0 Å². The van der Waals surface area contributed by atoms with E-state index in [2.05, 4.69) is 39.0 Å². The van der Waals surface area contributed by atoms with Crippen LogP contribution < -0.4 is 4.90 Å². The molecular weight excluding hydrogens is 373 g/mol. The summed E-state index contributed by atoms with van der Waals surface area (Å²) in [7, 11) is 0. The van der Waals surface area contributed by atoms with E-state index in [0.29, 0.717) is 16.3 Å². The van der Waals surface area contributed by atoms with Crippen molar-refractivity contribution in [2.75, 3.05) is 37.6 Å². The number of para-hydroxylation sites is 1. The molecule has 0 aliphatic carbocycles. The second-order valence-electron chi connectivity index (χ2n) is 7.01. The van der Waals surface area contributed by atoms with Gasteiger partial charge in [-0.1, -0.05) is 42.5 Å². The molecule has 0 amide bonds. The van der Waals surface area contributed by atoms with Crippen LogP contribution in [0.1, 0.15) is 22.2 Å². The highest BCUT2D eigenvalue weighted by Gasteiger charge is 2.26. The maximum Gasteiger partial charge on any atom is 0.146 e. The number of aliphatic hydroxyl groups excluding tert-OH is 1. The average Bonchev–Trinajstić information content (AvgIpc) is 3.28. The number of anilines is 1. The van der Waals surface area contributed by atoms with Crippen LogP contribution in [0.4, 0.5) is 10.1 Å². The molecule has 1 saturated heterocycles. The first-order chi connectivity index (χ1) is 13.7. The maximum absolute atomic E-state index is 14.7. The fourth-order valence-corrected chi connectivity index (χ4v) is 4.35. The highest BCUT2D eigenvalue weighted by molar-refractivity contribution is 7.09. The third-order valence-electron chi connectivity index (χ3n) is 5.25. The van der Waals surface area contributed by atoms with Gasteiger partial charge < -0.3 is 10.0 Å². The lowest BCUT2D eigenvalue weighted by atomic mass is 10.0. The van der Waals surface area contributed by atoms with E-state index in [1.54, 1.807) is 18.3 Å². The second-order valence-corrected chi connectivity index (χ2v) is 7.94. The van der Waals surface area contributed by atoms with Gasteiger partial charge in [-0.25, -0.2) is 9.37 Å². The van der Waals surface area contributed by atoms with Crippen molar-refractivity contribution in [3.8, 4) is 0 Å². The standard InChI is InChI=1S/C22H24FN3OS/c23-19-8-4-7-18(21(27)22-24-10-16-28-22)20(19)26-14-12-25(13-15-26)11-9-17-5-2-1-3-6-17/h1-8,10,16,21,27H,9,11-15H2/t21-/m0/s1. The zero-order valence-corrected chi connectivity index (χ0v) is 16.5. The minimum absolute atomic E-state index is 0.286. The average molecular weight is 398 g/mol. The van der Waals surface area contributed by atoms with Crippen molar-refractivity contribution < 1.29 is 9.50 Å². The fourth-order valence-electron chi connectivity index (χ4n) is 3.72. The summed E-state index contributed by atoms with van der Waals surface area (Å²) in [4.78, 5) is 8.67. The highest BCUT2D eigenvalue weighted by Crippen LogP contribution is 2.34. The van der Waals surface area contributed by atoms with Crippen LogP contribution in [0.5, 0.6) is 0 Å². The molecule has 1 aliphatic rings. The molecule has 2 heterocycles. The van der Waals surface area contributed by atoms with Gasteiger partial charge in [0.1, 0.15) is 16.9 Å². The molecule has 0 radical (unpaired) electrons. The summed E-state index contributed by atoms with van der Waals surface area (Å²) in [6.07, 6.45) is 1.78. The molecule has 1 aromatic heterocycles. The van der Waals surface area contributed by atoms with Crippen molar-refractivity contribution in [3.63, 3.8) is 0 Å². The monoisotopic (exact) mass is 397 g/mol. The first kappa shape index (κ1) is 19.1. The topological polar surface area (TPSA) is 39.6 Å². The Kier molecular flexibility index (Phi) is 6.00. The summed E-state index contributed by atoms with van der Waals surface area (Å²) in [6, 6.07) is 15.4. The predicted octanol–water partition coefficient (Wildman–Crippen LogP) is 3.73. The summed E-state index contributed by atoms with van der Waals surface area (Å²) >= 11 is 1.38. The van der Waals surface area contributed by atoms with Crippen molar-refractivity contribution in [1.29, 1.82) is 0 Å². The van der Waals surface area contributed by atoms with Crippen LogP contribution in [0.2, 0.25) is 0 Å². The maximum atomic E-state index is 14.7. The Morgan fingerprint density at radius 1 is 1.04 bits per heavy atom. The molecule has 146 valence electrons. The number of rotatable bonds is 6. The number of halogens is 1. The summed E-state index contributed by atoms with van der Waals surface area (Å²) in [6.45, 7) is 4.26. The normalized spacial score (nSPS) is 16.3. The van der Waals surface area contributed by atoms with Crippen molar-refractivity contribution >= 4 is 17.0 Å². The zero-order valence-electron chi connectivity index (χ0n) is 15.7. The van der Waals surface area contributed by atoms with E-state index in [9.17, 15) is 9.50 Å². The van der Waals surface area contributed by atoms with E-state index in [1.807, 2.05) is 11.4 Å². The SMILES string of the molecule is O[C@H](c1nccs1)c1cccc(F)c1N1CCN(CCc2ccccc2)CC1. The predicted molar refractivity (Wildman–Crippen MR) is 111 cm³/mol. The molecule has 4 nitrogen and oxygen atoms in total. The zero-order chi connectivity index (χ0) is 19.3. The fraction of sp³-hybridized carbons (Fsp3) is 0.318. The third-order valence-corrected chi connectivity index (χ3v) is 6.07. The van der Waals surface area contributed by atoms with Crippen LogP contribution in [-0.2, 0) is 6.42 Å². The molecular formula is C22H24FN3OS. The van der Waals surface area contributed by atoms with Gasteiger partial charge in [-0.05, 0) is 18.1 Å². The molecule has 1 atom stereocenters. The summed E-state index contributed by atoms with van der Waals surface area (Å²) < 4.78 is 14.7. The lowest BCUT2D eigenvalue weighted by molar-refractivity contribution is 0.218. The summed E-state index contributed by atoms with van der Waals surface area (Å²) in [5.41, 5.74) is 2.44. The van der Waals surface area contributed by atoms with Crippen LogP contribution >= 0.6 is 11.3 Å². The van der Waals surface area contributed by atoms with E-state index in [-0.39, 0.29) is 5.82 Å². The Morgan fingerprint density at radius 3 is 2.54 bits per heavy atom. The molecule has 0 saturated carbocycles. The molecule has 1 fully saturated rings. The van der Waals surface area contributed by atoms with Gasteiger partial charge in [0, 0.05) is 49.9 Å². The van der Waals surface area contributed by atoms with Gasteiger partial charge in [0.25, 0.3) is 0 Å². The minimum atomic E-state index is -0.901. The number of nitrogens with zero attached hydrogens (tertiary/aromatic N) is 3. The summed E-state index contributed by atoms with van der Waals surface area (Å²) in [5, 5.41) is 13.1. The van der Waals surface area contributed by atoms with Crippen LogP contribution in [0, 0.1) is 5.82 Å². The Hall–Kier alpha value is -2.28. The number of hydrogen-bond acceptors (Lipinski definition) is 5. The van der Waals surface area contributed by atoms with Crippen molar-refractivity contribution in [3.05, 3.63) is 82.1 Å². The van der Waals surface area contributed by atoms with E-state index in [0.717, 1.165) is 39.1 Å². The quantitative estimate of drug-likeness (QED) is 0.688. The lowest BCUT2D eigenvalue weighted by Gasteiger charge is -2.37. The molecule has 4 rings (SSSR count). The molecule has 3 aromatic rings. The van der Waals surface area contributed by atoms with Gasteiger partial charge in [-0.3, -0.25) is 4.90 Å². The second kappa shape index (κ2) is 8.82. The van der Waals surface area contributed by atoms with Gasteiger partial charge in [-0.2, -0.15) is 0 Å². The minimum Gasteiger partial charge on any atom is -0.381 e. The van der Waals surface area contributed by atoms with E-state index in [1.165, 1.54) is 23.0 Å². The molecule has 1 N–H and O–H groups in total. The molecule has 28 heavy (non-hydrogen) atoms. The number of benzene rings is 2. The van der Waals surface area contributed by atoms with Crippen LogP contribution in [-0.4, -0.2) is 47.7 Å². The van der Waals surface area contributed by atoms with Gasteiger partial charge in [0.15, 0.2) is 0 Å². The van der Waals surface area contributed by atoms with Crippen LogP contribution in [0.15, 0.2) is 60.1 Å². The molecule has 2 aromatic carbocycles. The van der Waals surface area contributed by atoms with Crippen molar-refractivity contribution in [2.45, 2.75) is 12.5 Å². The highest BCUT2D eigenvalue weighted by atomic mass is 32.1.